The first-order valence-electron chi connectivity index (χ1n) is 7.68. The van der Waals surface area contributed by atoms with Crippen LogP contribution in [0.25, 0.3) is 0 Å². The van der Waals surface area contributed by atoms with Crippen molar-refractivity contribution in [3.63, 3.8) is 0 Å². The highest BCUT2D eigenvalue weighted by Crippen LogP contribution is 2.32. The zero-order valence-corrected chi connectivity index (χ0v) is 12.6. The van der Waals surface area contributed by atoms with Crippen molar-refractivity contribution in [2.75, 3.05) is 18.5 Å². The summed E-state index contributed by atoms with van der Waals surface area (Å²) >= 11 is 0. The number of aryl methyl sites for hydroxylation is 1. The molecule has 3 rings (SSSR count). The van der Waals surface area contributed by atoms with E-state index in [0.29, 0.717) is 24.6 Å². The summed E-state index contributed by atoms with van der Waals surface area (Å²) in [7, 11) is 0. The zero-order chi connectivity index (χ0) is 15.4. The third-order valence-electron chi connectivity index (χ3n) is 4.08. The standard InChI is InChI=1S/C17H20FN3O/c1-2-14-15(18)17(20-11-19-14)21-16(13-8-9-22-10-13)12-6-4-3-5-7-12/h3-7,11,13,16H,2,8-10H2,1H3,(H,19,20,21)/t13-,16+/m0/s1. The van der Waals surface area contributed by atoms with Crippen LogP contribution in [0.2, 0.25) is 0 Å². The van der Waals surface area contributed by atoms with Crippen LogP contribution in [-0.2, 0) is 11.2 Å². The molecule has 1 aromatic carbocycles. The minimum atomic E-state index is -0.357. The lowest BCUT2D eigenvalue weighted by molar-refractivity contribution is 0.182. The number of rotatable bonds is 5. The molecule has 0 amide bonds. The Hall–Kier alpha value is -2.01. The van der Waals surface area contributed by atoms with Gasteiger partial charge in [0.25, 0.3) is 0 Å². The van der Waals surface area contributed by atoms with E-state index in [4.69, 9.17) is 4.74 Å². The summed E-state index contributed by atoms with van der Waals surface area (Å²) in [6, 6.07) is 10.1. The quantitative estimate of drug-likeness (QED) is 0.920. The van der Waals surface area contributed by atoms with Crippen molar-refractivity contribution in [1.29, 1.82) is 0 Å². The molecule has 116 valence electrons. The van der Waals surface area contributed by atoms with Crippen molar-refractivity contribution in [3.05, 3.63) is 53.7 Å². The predicted octanol–water partition coefficient (Wildman–Crippen LogP) is 3.37. The van der Waals surface area contributed by atoms with Crippen molar-refractivity contribution in [2.24, 2.45) is 5.92 Å². The number of anilines is 1. The van der Waals surface area contributed by atoms with Crippen LogP contribution < -0.4 is 5.32 Å². The third kappa shape index (κ3) is 3.09. The highest BCUT2D eigenvalue weighted by molar-refractivity contribution is 5.41. The number of ether oxygens (including phenoxy) is 1. The number of hydrogen-bond donors (Lipinski definition) is 1. The summed E-state index contributed by atoms with van der Waals surface area (Å²) in [6.07, 6.45) is 2.92. The van der Waals surface area contributed by atoms with E-state index in [9.17, 15) is 4.39 Å². The third-order valence-corrected chi connectivity index (χ3v) is 4.08. The smallest absolute Gasteiger partial charge is 0.186 e. The first kappa shape index (κ1) is 14.9. The molecule has 4 nitrogen and oxygen atoms in total. The second-order valence-electron chi connectivity index (χ2n) is 5.49. The molecule has 0 aliphatic carbocycles. The van der Waals surface area contributed by atoms with Gasteiger partial charge in [-0.25, -0.2) is 14.4 Å². The highest BCUT2D eigenvalue weighted by Gasteiger charge is 2.28. The van der Waals surface area contributed by atoms with Gasteiger partial charge in [-0.15, -0.1) is 0 Å². The van der Waals surface area contributed by atoms with Gasteiger partial charge in [0.1, 0.15) is 6.33 Å². The molecular formula is C17H20FN3O. The largest absolute Gasteiger partial charge is 0.381 e. The molecule has 2 atom stereocenters. The Morgan fingerprint density at radius 2 is 2.14 bits per heavy atom. The molecule has 0 radical (unpaired) electrons. The van der Waals surface area contributed by atoms with Crippen molar-refractivity contribution in [1.82, 2.24) is 9.97 Å². The molecule has 0 unspecified atom stereocenters. The van der Waals surface area contributed by atoms with Crippen LogP contribution in [-0.4, -0.2) is 23.2 Å². The number of nitrogens with zero attached hydrogens (tertiary/aromatic N) is 2. The highest BCUT2D eigenvalue weighted by atomic mass is 19.1. The monoisotopic (exact) mass is 301 g/mol. The summed E-state index contributed by atoms with van der Waals surface area (Å²) in [4.78, 5) is 8.07. The average Bonchev–Trinajstić information content (AvgIpc) is 3.09. The van der Waals surface area contributed by atoms with E-state index < -0.39 is 0 Å². The number of hydrogen-bond acceptors (Lipinski definition) is 4. The van der Waals surface area contributed by atoms with Crippen molar-refractivity contribution >= 4 is 5.82 Å². The molecule has 0 bridgehead atoms. The van der Waals surface area contributed by atoms with E-state index in [-0.39, 0.29) is 17.7 Å². The first-order chi connectivity index (χ1) is 10.8. The Bertz CT molecular complexity index is 615. The van der Waals surface area contributed by atoms with Gasteiger partial charge < -0.3 is 10.1 Å². The summed E-state index contributed by atoms with van der Waals surface area (Å²) in [5.41, 5.74) is 1.56. The fraction of sp³-hybridized carbons (Fsp3) is 0.412. The maximum Gasteiger partial charge on any atom is 0.186 e. The van der Waals surface area contributed by atoms with E-state index in [1.165, 1.54) is 6.33 Å². The Labute approximate surface area is 129 Å². The van der Waals surface area contributed by atoms with E-state index in [0.717, 1.165) is 18.6 Å². The second-order valence-corrected chi connectivity index (χ2v) is 5.49. The van der Waals surface area contributed by atoms with Crippen molar-refractivity contribution < 1.29 is 9.13 Å². The first-order valence-corrected chi connectivity index (χ1v) is 7.68. The minimum absolute atomic E-state index is 0.0159. The number of nitrogens with one attached hydrogen (secondary N) is 1. The topological polar surface area (TPSA) is 47.0 Å². The number of benzene rings is 1. The van der Waals surface area contributed by atoms with Crippen LogP contribution in [0.15, 0.2) is 36.7 Å². The van der Waals surface area contributed by atoms with E-state index >= 15 is 0 Å². The number of halogens is 1. The molecule has 1 saturated heterocycles. The van der Waals surface area contributed by atoms with Gasteiger partial charge in [0.2, 0.25) is 0 Å². The average molecular weight is 301 g/mol. The minimum Gasteiger partial charge on any atom is -0.381 e. The number of aromatic nitrogens is 2. The lowest BCUT2D eigenvalue weighted by Gasteiger charge is -2.25. The molecular weight excluding hydrogens is 281 g/mol. The summed E-state index contributed by atoms with van der Waals surface area (Å²) in [6.45, 7) is 3.32. The van der Waals surface area contributed by atoms with E-state index in [2.05, 4.69) is 27.4 Å². The fourth-order valence-electron chi connectivity index (χ4n) is 2.85. The fourth-order valence-corrected chi connectivity index (χ4v) is 2.85. The Kier molecular flexibility index (Phi) is 4.63. The lowest BCUT2D eigenvalue weighted by Crippen LogP contribution is -2.23. The molecule has 1 aliphatic rings. The Morgan fingerprint density at radius 3 is 2.82 bits per heavy atom. The van der Waals surface area contributed by atoms with Crippen molar-refractivity contribution in [3.8, 4) is 0 Å². The van der Waals surface area contributed by atoms with Crippen molar-refractivity contribution in [2.45, 2.75) is 25.8 Å². The van der Waals surface area contributed by atoms with Gasteiger partial charge in [-0.05, 0) is 18.4 Å². The molecule has 1 N–H and O–H groups in total. The van der Waals surface area contributed by atoms with Crippen LogP contribution in [0.3, 0.4) is 0 Å². The molecule has 0 spiro atoms. The Morgan fingerprint density at radius 1 is 1.32 bits per heavy atom. The zero-order valence-electron chi connectivity index (χ0n) is 12.6. The summed E-state index contributed by atoms with van der Waals surface area (Å²) < 4.78 is 19.9. The SMILES string of the molecule is CCc1ncnc(N[C@H](c2ccccc2)[C@H]2CCOC2)c1F. The van der Waals surface area contributed by atoms with Gasteiger partial charge >= 0.3 is 0 Å². The predicted molar refractivity (Wildman–Crippen MR) is 83.1 cm³/mol. The molecule has 1 aromatic heterocycles. The molecule has 0 saturated carbocycles. The maximum atomic E-state index is 14.4. The van der Waals surface area contributed by atoms with E-state index in [1.807, 2.05) is 25.1 Å². The normalized spacial score (nSPS) is 19.1. The lowest BCUT2D eigenvalue weighted by atomic mass is 9.92. The van der Waals surface area contributed by atoms with Gasteiger partial charge in [0.15, 0.2) is 11.6 Å². The Balaban J connectivity index is 1.90. The van der Waals surface area contributed by atoms with Crippen LogP contribution in [0, 0.1) is 11.7 Å². The van der Waals surface area contributed by atoms with Crippen LogP contribution in [0.1, 0.15) is 30.6 Å². The van der Waals surface area contributed by atoms with Gasteiger partial charge in [-0.1, -0.05) is 37.3 Å². The van der Waals surface area contributed by atoms with Crippen LogP contribution in [0.5, 0.6) is 0 Å². The van der Waals surface area contributed by atoms with Gasteiger partial charge in [0.05, 0.1) is 18.3 Å². The van der Waals surface area contributed by atoms with Crippen LogP contribution in [0.4, 0.5) is 10.2 Å². The second kappa shape index (κ2) is 6.83. The summed E-state index contributed by atoms with van der Waals surface area (Å²) in [5.74, 6) is 0.222. The molecule has 1 aliphatic heterocycles. The molecule has 1 fully saturated rings. The van der Waals surface area contributed by atoms with E-state index in [1.54, 1.807) is 0 Å². The maximum absolute atomic E-state index is 14.4. The van der Waals surface area contributed by atoms with Crippen LogP contribution >= 0.6 is 0 Å². The van der Waals surface area contributed by atoms with Gasteiger partial charge in [-0.2, -0.15) is 0 Å². The molecule has 2 heterocycles. The molecule has 2 aromatic rings. The molecule has 5 heteroatoms. The van der Waals surface area contributed by atoms with Gasteiger partial charge in [-0.3, -0.25) is 0 Å². The summed E-state index contributed by atoms with van der Waals surface area (Å²) in [5, 5.41) is 3.27. The molecule has 22 heavy (non-hydrogen) atoms. The van der Waals surface area contributed by atoms with Gasteiger partial charge in [0, 0.05) is 12.5 Å².